The Morgan fingerprint density at radius 3 is 2.70 bits per heavy atom. The van der Waals surface area contributed by atoms with E-state index in [1.165, 1.54) is 0 Å². The van der Waals surface area contributed by atoms with Gasteiger partial charge in [0.15, 0.2) is 0 Å². The summed E-state index contributed by atoms with van der Waals surface area (Å²) in [6.07, 6.45) is 1.94. The zero-order chi connectivity index (χ0) is 14.4. The number of amides is 1. The van der Waals surface area contributed by atoms with Gasteiger partial charge in [-0.2, -0.15) is 0 Å². The Hall–Kier alpha value is -1.49. The number of halogens is 1. The molecule has 0 aromatic heterocycles. The summed E-state index contributed by atoms with van der Waals surface area (Å²) in [5.41, 5.74) is 3.80. The molecule has 0 unspecified atom stereocenters. The van der Waals surface area contributed by atoms with Crippen molar-refractivity contribution in [3.05, 3.63) is 64.7 Å². The standard InChI is InChI=1S/C15H14ClNO2S/c1-20-12-7-8-14(16)13(9-12)15(18)17-19-10-11-5-3-2-4-6-11/h2-9H,10H2,1H3,(H,17,18). The molecule has 0 bridgehead atoms. The first kappa shape index (κ1) is 14.9. The van der Waals surface area contributed by atoms with E-state index in [9.17, 15) is 4.79 Å². The van der Waals surface area contributed by atoms with Crippen molar-refractivity contribution in [2.24, 2.45) is 0 Å². The Morgan fingerprint density at radius 2 is 2.00 bits per heavy atom. The van der Waals surface area contributed by atoms with E-state index in [1.54, 1.807) is 23.9 Å². The fourth-order valence-corrected chi connectivity index (χ4v) is 2.26. The Morgan fingerprint density at radius 1 is 1.25 bits per heavy atom. The first-order chi connectivity index (χ1) is 9.70. The maximum absolute atomic E-state index is 12.0. The topological polar surface area (TPSA) is 38.3 Å². The van der Waals surface area contributed by atoms with Gasteiger partial charge in [0.2, 0.25) is 0 Å². The average molecular weight is 308 g/mol. The van der Waals surface area contributed by atoms with E-state index in [1.807, 2.05) is 42.7 Å². The predicted octanol–water partition coefficient (Wildman–Crippen LogP) is 3.92. The molecule has 1 amide bonds. The summed E-state index contributed by atoms with van der Waals surface area (Å²) in [5.74, 6) is -0.346. The quantitative estimate of drug-likeness (QED) is 0.672. The normalized spacial score (nSPS) is 10.3. The summed E-state index contributed by atoms with van der Waals surface area (Å²) < 4.78 is 0. The van der Waals surface area contributed by atoms with E-state index in [2.05, 4.69) is 5.48 Å². The molecular weight excluding hydrogens is 294 g/mol. The number of hydrogen-bond donors (Lipinski definition) is 1. The molecule has 0 fully saturated rings. The molecule has 104 valence electrons. The Kier molecular flexibility index (Phi) is 5.47. The fourth-order valence-electron chi connectivity index (χ4n) is 1.62. The number of nitrogens with one attached hydrogen (secondary N) is 1. The van der Waals surface area contributed by atoms with Gasteiger partial charge in [-0.1, -0.05) is 41.9 Å². The van der Waals surface area contributed by atoms with E-state index in [-0.39, 0.29) is 5.91 Å². The molecule has 5 heteroatoms. The van der Waals surface area contributed by atoms with Gasteiger partial charge in [-0.15, -0.1) is 11.8 Å². The Balaban J connectivity index is 1.95. The van der Waals surface area contributed by atoms with E-state index < -0.39 is 0 Å². The predicted molar refractivity (Wildman–Crippen MR) is 81.9 cm³/mol. The minimum atomic E-state index is -0.346. The molecule has 1 N–H and O–H groups in total. The first-order valence-corrected chi connectivity index (χ1v) is 7.60. The third-order valence-electron chi connectivity index (χ3n) is 2.66. The largest absolute Gasteiger partial charge is 0.276 e. The molecule has 0 heterocycles. The molecular formula is C15H14ClNO2S. The SMILES string of the molecule is CSc1ccc(Cl)c(C(=O)NOCc2ccccc2)c1. The number of hydroxylamine groups is 1. The lowest BCUT2D eigenvalue weighted by Gasteiger charge is -2.08. The monoisotopic (exact) mass is 307 g/mol. The van der Waals surface area contributed by atoms with Crippen LogP contribution in [0.4, 0.5) is 0 Å². The third kappa shape index (κ3) is 4.00. The summed E-state index contributed by atoms with van der Waals surface area (Å²) in [6, 6.07) is 14.9. The molecule has 0 aliphatic heterocycles. The average Bonchev–Trinajstić information content (AvgIpc) is 2.48. The molecule has 0 spiro atoms. The summed E-state index contributed by atoms with van der Waals surface area (Å²) in [4.78, 5) is 18.2. The maximum atomic E-state index is 12.0. The van der Waals surface area contributed by atoms with Gasteiger partial charge in [0, 0.05) is 4.90 Å². The van der Waals surface area contributed by atoms with Gasteiger partial charge in [-0.25, -0.2) is 5.48 Å². The molecule has 0 saturated carbocycles. The van der Waals surface area contributed by atoms with Crippen molar-refractivity contribution in [2.45, 2.75) is 11.5 Å². The highest BCUT2D eigenvalue weighted by atomic mass is 35.5. The maximum Gasteiger partial charge on any atom is 0.276 e. The third-order valence-corrected chi connectivity index (χ3v) is 3.72. The molecule has 0 saturated heterocycles. The number of carbonyl (C=O) groups is 1. The van der Waals surface area contributed by atoms with E-state index in [0.29, 0.717) is 17.2 Å². The van der Waals surface area contributed by atoms with Crippen molar-refractivity contribution in [2.75, 3.05) is 6.26 Å². The van der Waals surface area contributed by atoms with Gasteiger partial charge in [0.25, 0.3) is 5.91 Å². The van der Waals surface area contributed by atoms with Crippen molar-refractivity contribution in [1.82, 2.24) is 5.48 Å². The molecule has 0 aliphatic carbocycles. The lowest BCUT2D eigenvalue weighted by atomic mass is 10.2. The molecule has 0 aliphatic rings. The lowest BCUT2D eigenvalue weighted by molar-refractivity contribution is 0.0233. The minimum Gasteiger partial charge on any atom is -0.269 e. The van der Waals surface area contributed by atoms with Crippen LogP contribution in [0.1, 0.15) is 15.9 Å². The zero-order valence-electron chi connectivity index (χ0n) is 10.9. The molecule has 2 aromatic carbocycles. The van der Waals surface area contributed by atoms with Crippen LogP contribution in [0.25, 0.3) is 0 Å². The zero-order valence-corrected chi connectivity index (χ0v) is 12.5. The van der Waals surface area contributed by atoms with Crippen LogP contribution in [0.3, 0.4) is 0 Å². The number of hydrogen-bond acceptors (Lipinski definition) is 3. The van der Waals surface area contributed by atoms with Gasteiger partial charge in [0.1, 0.15) is 0 Å². The molecule has 20 heavy (non-hydrogen) atoms. The molecule has 0 radical (unpaired) electrons. The molecule has 0 atom stereocenters. The number of rotatable bonds is 5. The highest BCUT2D eigenvalue weighted by molar-refractivity contribution is 7.98. The van der Waals surface area contributed by atoms with Crippen molar-refractivity contribution in [3.63, 3.8) is 0 Å². The van der Waals surface area contributed by atoms with Crippen LogP contribution in [0.2, 0.25) is 5.02 Å². The van der Waals surface area contributed by atoms with Crippen molar-refractivity contribution < 1.29 is 9.63 Å². The van der Waals surface area contributed by atoms with Crippen LogP contribution in [0.5, 0.6) is 0 Å². The summed E-state index contributed by atoms with van der Waals surface area (Å²) >= 11 is 7.57. The minimum absolute atomic E-state index is 0.312. The molecule has 3 nitrogen and oxygen atoms in total. The summed E-state index contributed by atoms with van der Waals surface area (Å²) in [7, 11) is 0. The summed E-state index contributed by atoms with van der Waals surface area (Å²) in [6.45, 7) is 0.312. The number of benzene rings is 2. The lowest BCUT2D eigenvalue weighted by Crippen LogP contribution is -2.23. The smallest absolute Gasteiger partial charge is 0.269 e. The fraction of sp³-hybridized carbons (Fsp3) is 0.133. The number of thioether (sulfide) groups is 1. The second kappa shape index (κ2) is 7.33. The van der Waals surface area contributed by atoms with Crippen LogP contribution in [-0.2, 0) is 11.4 Å². The van der Waals surface area contributed by atoms with Crippen LogP contribution in [-0.4, -0.2) is 12.2 Å². The van der Waals surface area contributed by atoms with Crippen molar-refractivity contribution >= 4 is 29.3 Å². The van der Waals surface area contributed by atoms with Gasteiger partial charge in [0.05, 0.1) is 17.2 Å². The van der Waals surface area contributed by atoms with E-state index in [4.69, 9.17) is 16.4 Å². The van der Waals surface area contributed by atoms with Gasteiger partial charge in [-0.3, -0.25) is 9.63 Å². The van der Waals surface area contributed by atoms with Crippen LogP contribution in [0, 0.1) is 0 Å². The van der Waals surface area contributed by atoms with E-state index in [0.717, 1.165) is 10.5 Å². The van der Waals surface area contributed by atoms with Gasteiger partial charge >= 0.3 is 0 Å². The van der Waals surface area contributed by atoms with Crippen LogP contribution < -0.4 is 5.48 Å². The van der Waals surface area contributed by atoms with Crippen LogP contribution in [0.15, 0.2) is 53.4 Å². The highest BCUT2D eigenvalue weighted by Crippen LogP contribution is 2.22. The molecule has 2 aromatic rings. The second-order valence-corrected chi connectivity index (χ2v) is 5.34. The van der Waals surface area contributed by atoms with Gasteiger partial charge < -0.3 is 0 Å². The summed E-state index contributed by atoms with van der Waals surface area (Å²) in [5, 5.41) is 0.406. The van der Waals surface area contributed by atoms with Crippen LogP contribution >= 0.6 is 23.4 Å². The van der Waals surface area contributed by atoms with Crippen molar-refractivity contribution in [1.29, 1.82) is 0 Å². The first-order valence-electron chi connectivity index (χ1n) is 6.00. The Bertz CT molecular complexity index is 590. The molecule has 2 rings (SSSR count). The number of carbonyl (C=O) groups excluding carboxylic acids is 1. The van der Waals surface area contributed by atoms with E-state index >= 15 is 0 Å². The van der Waals surface area contributed by atoms with Crippen molar-refractivity contribution in [3.8, 4) is 0 Å². The highest BCUT2D eigenvalue weighted by Gasteiger charge is 2.11. The van der Waals surface area contributed by atoms with Gasteiger partial charge in [-0.05, 0) is 30.0 Å². The Labute approximate surface area is 127 Å². The second-order valence-electron chi connectivity index (χ2n) is 4.05.